The average molecular weight is 287 g/mol. The summed E-state index contributed by atoms with van der Waals surface area (Å²) in [6.45, 7) is 1.82. The SMILES string of the molecule is COC(CN)CC(=O)N(C)c1snc(C)c1C(=O)O. The maximum absolute atomic E-state index is 12.0. The smallest absolute Gasteiger partial charge is 0.340 e. The van der Waals surface area contributed by atoms with Crippen LogP contribution in [-0.2, 0) is 9.53 Å². The number of aromatic carboxylic acids is 1. The zero-order valence-electron chi connectivity index (χ0n) is 11.0. The van der Waals surface area contributed by atoms with E-state index in [4.69, 9.17) is 15.6 Å². The van der Waals surface area contributed by atoms with E-state index in [1.165, 1.54) is 19.1 Å². The van der Waals surface area contributed by atoms with Crippen molar-refractivity contribution in [1.82, 2.24) is 4.37 Å². The number of aromatic nitrogens is 1. The Morgan fingerprint density at radius 2 is 2.21 bits per heavy atom. The van der Waals surface area contributed by atoms with Gasteiger partial charge >= 0.3 is 5.97 Å². The number of hydrogen-bond donors (Lipinski definition) is 2. The minimum atomic E-state index is -1.09. The van der Waals surface area contributed by atoms with Crippen LogP contribution in [0.25, 0.3) is 0 Å². The topological polar surface area (TPSA) is 106 Å². The van der Waals surface area contributed by atoms with Crippen molar-refractivity contribution in [2.45, 2.75) is 19.4 Å². The van der Waals surface area contributed by atoms with Gasteiger partial charge in [0.05, 0.1) is 18.2 Å². The summed E-state index contributed by atoms with van der Waals surface area (Å²) >= 11 is 0.985. The molecule has 0 spiro atoms. The van der Waals surface area contributed by atoms with Crippen LogP contribution in [-0.4, -0.2) is 48.2 Å². The third-order valence-corrected chi connectivity index (χ3v) is 3.75. The van der Waals surface area contributed by atoms with E-state index in [1.54, 1.807) is 6.92 Å². The molecule has 19 heavy (non-hydrogen) atoms. The molecule has 8 heteroatoms. The standard InChI is InChI=1S/C11H17N3O4S/c1-6-9(11(16)17)10(19-13-6)14(2)8(15)4-7(5-12)18-3/h7H,4-5,12H2,1-3H3,(H,16,17). The number of nitrogens with zero attached hydrogens (tertiary/aromatic N) is 2. The number of nitrogens with two attached hydrogens (primary N) is 1. The van der Waals surface area contributed by atoms with Crippen molar-refractivity contribution < 1.29 is 19.4 Å². The van der Waals surface area contributed by atoms with E-state index in [1.807, 2.05) is 0 Å². The van der Waals surface area contributed by atoms with E-state index in [2.05, 4.69) is 4.37 Å². The molecule has 0 saturated heterocycles. The van der Waals surface area contributed by atoms with Gasteiger partial charge in [0.1, 0.15) is 10.6 Å². The van der Waals surface area contributed by atoms with Crippen molar-refractivity contribution in [3.8, 4) is 0 Å². The van der Waals surface area contributed by atoms with Crippen LogP contribution in [0, 0.1) is 6.92 Å². The summed E-state index contributed by atoms with van der Waals surface area (Å²) in [6, 6.07) is 0. The Morgan fingerprint density at radius 3 is 2.68 bits per heavy atom. The highest BCUT2D eigenvalue weighted by molar-refractivity contribution is 7.11. The first-order valence-corrected chi connectivity index (χ1v) is 6.38. The molecule has 0 bridgehead atoms. The summed E-state index contributed by atoms with van der Waals surface area (Å²) in [4.78, 5) is 24.5. The second-order valence-electron chi connectivity index (χ2n) is 4.00. The van der Waals surface area contributed by atoms with Gasteiger partial charge in [0.25, 0.3) is 0 Å². The molecule has 1 aromatic heterocycles. The fraction of sp³-hybridized carbons (Fsp3) is 0.545. The number of hydrogen-bond acceptors (Lipinski definition) is 6. The van der Waals surface area contributed by atoms with Crippen LogP contribution >= 0.6 is 11.5 Å². The largest absolute Gasteiger partial charge is 0.478 e. The normalized spacial score (nSPS) is 12.2. The lowest BCUT2D eigenvalue weighted by molar-refractivity contribution is -0.120. The molecule has 1 heterocycles. The number of anilines is 1. The van der Waals surface area contributed by atoms with Gasteiger partial charge in [-0.25, -0.2) is 4.79 Å². The van der Waals surface area contributed by atoms with Crippen molar-refractivity contribution in [1.29, 1.82) is 0 Å². The fourth-order valence-electron chi connectivity index (χ4n) is 1.54. The Hall–Kier alpha value is -1.51. The minimum absolute atomic E-state index is 0.0579. The summed E-state index contributed by atoms with van der Waals surface area (Å²) in [5.74, 6) is -1.36. The number of amides is 1. The summed E-state index contributed by atoms with van der Waals surface area (Å²) < 4.78 is 9.01. The number of carbonyl (C=O) groups excluding carboxylic acids is 1. The van der Waals surface area contributed by atoms with Crippen molar-refractivity contribution in [3.05, 3.63) is 11.3 Å². The van der Waals surface area contributed by atoms with Crippen LogP contribution in [0.15, 0.2) is 0 Å². The molecular weight excluding hydrogens is 270 g/mol. The van der Waals surface area contributed by atoms with Crippen molar-refractivity contribution >= 4 is 28.4 Å². The second kappa shape index (κ2) is 6.60. The molecule has 0 aliphatic carbocycles. The highest BCUT2D eigenvalue weighted by Crippen LogP contribution is 2.28. The lowest BCUT2D eigenvalue weighted by Crippen LogP contribution is -2.33. The summed E-state index contributed by atoms with van der Waals surface area (Å²) in [5, 5.41) is 9.45. The van der Waals surface area contributed by atoms with Gasteiger partial charge in [-0.05, 0) is 18.5 Å². The average Bonchev–Trinajstić information content (AvgIpc) is 2.76. The van der Waals surface area contributed by atoms with Gasteiger partial charge in [-0.15, -0.1) is 0 Å². The number of rotatable bonds is 6. The van der Waals surface area contributed by atoms with Crippen LogP contribution < -0.4 is 10.6 Å². The minimum Gasteiger partial charge on any atom is -0.478 e. The van der Waals surface area contributed by atoms with Gasteiger partial charge in [-0.2, -0.15) is 4.37 Å². The highest BCUT2D eigenvalue weighted by atomic mass is 32.1. The maximum Gasteiger partial charge on any atom is 0.340 e. The summed E-state index contributed by atoms with van der Waals surface area (Å²) in [6.07, 6.45) is -0.281. The Morgan fingerprint density at radius 1 is 1.58 bits per heavy atom. The lowest BCUT2D eigenvalue weighted by atomic mass is 10.2. The zero-order chi connectivity index (χ0) is 14.6. The molecule has 1 unspecified atom stereocenters. The number of carboxylic acid groups (broad SMARTS) is 1. The maximum atomic E-state index is 12.0. The predicted octanol–water partition coefficient (Wildman–Crippen LogP) is 0.476. The highest BCUT2D eigenvalue weighted by Gasteiger charge is 2.25. The third kappa shape index (κ3) is 3.49. The molecule has 3 N–H and O–H groups in total. The molecule has 0 aliphatic rings. The van der Waals surface area contributed by atoms with Gasteiger partial charge in [-0.1, -0.05) is 0 Å². The number of carboxylic acids is 1. The molecule has 106 valence electrons. The molecule has 0 fully saturated rings. The molecule has 1 rings (SSSR count). The molecular formula is C11H17N3O4S. The first kappa shape index (κ1) is 15.5. The molecule has 1 aromatic rings. The summed E-state index contributed by atoms with van der Waals surface area (Å²) in [5.41, 5.74) is 5.91. The zero-order valence-corrected chi connectivity index (χ0v) is 11.9. The predicted molar refractivity (Wildman–Crippen MR) is 71.7 cm³/mol. The van der Waals surface area contributed by atoms with E-state index < -0.39 is 5.97 Å². The van der Waals surface area contributed by atoms with Crippen molar-refractivity contribution in [2.75, 3.05) is 25.6 Å². The molecule has 7 nitrogen and oxygen atoms in total. The van der Waals surface area contributed by atoms with Gasteiger partial charge < -0.3 is 20.5 Å². The van der Waals surface area contributed by atoms with Crippen LogP contribution in [0.2, 0.25) is 0 Å². The fourth-order valence-corrected chi connectivity index (χ4v) is 2.41. The molecule has 1 atom stereocenters. The van der Waals surface area contributed by atoms with E-state index >= 15 is 0 Å². The Balaban J connectivity index is 2.91. The van der Waals surface area contributed by atoms with Crippen LogP contribution in [0.1, 0.15) is 22.5 Å². The first-order valence-electron chi connectivity index (χ1n) is 5.61. The quantitative estimate of drug-likeness (QED) is 0.788. The van der Waals surface area contributed by atoms with E-state index in [9.17, 15) is 9.59 Å². The number of methoxy groups -OCH3 is 1. The van der Waals surface area contributed by atoms with Gasteiger partial charge in [0, 0.05) is 20.7 Å². The monoisotopic (exact) mass is 287 g/mol. The Kier molecular flexibility index (Phi) is 5.40. The number of carbonyl (C=O) groups is 2. The molecule has 0 radical (unpaired) electrons. The van der Waals surface area contributed by atoms with Crippen LogP contribution in [0.4, 0.5) is 5.00 Å². The van der Waals surface area contributed by atoms with Gasteiger partial charge in [-0.3, -0.25) is 4.79 Å². The third-order valence-electron chi connectivity index (χ3n) is 2.74. The lowest BCUT2D eigenvalue weighted by Gasteiger charge is -2.19. The van der Waals surface area contributed by atoms with Crippen molar-refractivity contribution in [2.24, 2.45) is 5.73 Å². The molecule has 0 saturated carbocycles. The van der Waals surface area contributed by atoms with Gasteiger partial charge in [0.2, 0.25) is 5.91 Å². The van der Waals surface area contributed by atoms with Crippen LogP contribution in [0.5, 0.6) is 0 Å². The van der Waals surface area contributed by atoms with E-state index in [0.29, 0.717) is 10.7 Å². The second-order valence-corrected chi connectivity index (χ2v) is 4.76. The molecule has 1 amide bonds. The van der Waals surface area contributed by atoms with E-state index in [0.717, 1.165) is 11.5 Å². The van der Waals surface area contributed by atoms with Gasteiger partial charge in [0.15, 0.2) is 0 Å². The molecule has 0 aromatic carbocycles. The van der Waals surface area contributed by atoms with E-state index in [-0.39, 0.29) is 30.5 Å². The first-order chi connectivity index (χ1) is 8.92. The van der Waals surface area contributed by atoms with Crippen molar-refractivity contribution in [3.63, 3.8) is 0 Å². The Labute approximate surface area is 115 Å². The number of aryl methyl sites for hydroxylation is 1. The van der Waals surface area contributed by atoms with Crippen LogP contribution in [0.3, 0.4) is 0 Å². The summed E-state index contributed by atoms with van der Waals surface area (Å²) in [7, 11) is 3.00. The number of ether oxygens (including phenoxy) is 1. The molecule has 0 aliphatic heterocycles. The Bertz CT molecular complexity index is 471.